The molecule has 0 saturated heterocycles. The zero-order chi connectivity index (χ0) is 15.0. The van der Waals surface area contributed by atoms with E-state index in [1.165, 1.54) is 17.7 Å². The van der Waals surface area contributed by atoms with Gasteiger partial charge in [-0.2, -0.15) is 0 Å². The van der Waals surface area contributed by atoms with Gasteiger partial charge in [-0.05, 0) is 51.7 Å². The SMILES string of the molecule is CCN(CCCN(C)C)c1ccc(CNC(C)C)cc1. The summed E-state index contributed by atoms with van der Waals surface area (Å²) in [5.74, 6) is 0. The molecule has 0 aromatic heterocycles. The molecule has 0 aliphatic carbocycles. The topological polar surface area (TPSA) is 18.5 Å². The highest BCUT2D eigenvalue weighted by Gasteiger charge is 2.04. The lowest BCUT2D eigenvalue weighted by Gasteiger charge is -2.24. The summed E-state index contributed by atoms with van der Waals surface area (Å²) in [5.41, 5.74) is 2.69. The smallest absolute Gasteiger partial charge is 0.0366 e. The van der Waals surface area contributed by atoms with Gasteiger partial charge >= 0.3 is 0 Å². The van der Waals surface area contributed by atoms with E-state index in [0.29, 0.717) is 6.04 Å². The third-order valence-corrected chi connectivity index (χ3v) is 3.43. The Morgan fingerprint density at radius 3 is 2.20 bits per heavy atom. The van der Waals surface area contributed by atoms with Crippen molar-refractivity contribution in [3.63, 3.8) is 0 Å². The maximum absolute atomic E-state index is 3.45. The summed E-state index contributed by atoms with van der Waals surface area (Å²) >= 11 is 0. The minimum atomic E-state index is 0.535. The number of rotatable bonds is 9. The van der Waals surface area contributed by atoms with Crippen molar-refractivity contribution in [1.82, 2.24) is 10.2 Å². The van der Waals surface area contributed by atoms with Crippen molar-refractivity contribution in [2.24, 2.45) is 0 Å². The summed E-state index contributed by atoms with van der Waals surface area (Å²) in [4.78, 5) is 4.69. The molecule has 0 heterocycles. The maximum Gasteiger partial charge on any atom is 0.0366 e. The van der Waals surface area contributed by atoms with E-state index in [4.69, 9.17) is 0 Å². The Morgan fingerprint density at radius 1 is 1.05 bits per heavy atom. The fraction of sp³-hybridized carbons (Fsp3) is 0.647. The molecule has 0 saturated carbocycles. The van der Waals surface area contributed by atoms with Crippen molar-refractivity contribution in [1.29, 1.82) is 0 Å². The zero-order valence-electron chi connectivity index (χ0n) is 13.8. The van der Waals surface area contributed by atoms with E-state index in [2.05, 4.69) is 74.2 Å². The lowest BCUT2D eigenvalue weighted by molar-refractivity contribution is 0.400. The third kappa shape index (κ3) is 6.40. The van der Waals surface area contributed by atoms with E-state index >= 15 is 0 Å². The molecule has 0 fully saturated rings. The Morgan fingerprint density at radius 2 is 1.70 bits per heavy atom. The number of anilines is 1. The molecule has 3 nitrogen and oxygen atoms in total. The van der Waals surface area contributed by atoms with E-state index in [1.807, 2.05) is 0 Å². The molecule has 0 unspecified atom stereocenters. The Bertz CT molecular complexity index is 357. The molecule has 0 spiro atoms. The van der Waals surface area contributed by atoms with Gasteiger partial charge in [-0.3, -0.25) is 0 Å². The fourth-order valence-corrected chi connectivity index (χ4v) is 2.19. The average Bonchev–Trinajstić information content (AvgIpc) is 2.42. The van der Waals surface area contributed by atoms with Crippen LogP contribution in [0, 0.1) is 0 Å². The van der Waals surface area contributed by atoms with Crippen LogP contribution in [0.1, 0.15) is 32.8 Å². The molecule has 114 valence electrons. The Labute approximate surface area is 125 Å². The number of hydrogen-bond acceptors (Lipinski definition) is 3. The van der Waals surface area contributed by atoms with E-state index in [0.717, 1.165) is 26.2 Å². The van der Waals surface area contributed by atoms with Crippen LogP contribution in [-0.4, -0.2) is 44.7 Å². The van der Waals surface area contributed by atoms with Gasteiger partial charge in [0, 0.05) is 31.4 Å². The molecular weight excluding hydrogens is 246 g/mol. The first-order chi connectivity index (χ1) is 9.52. The first kappa shape index (κ1) is 17.0. The molecule has 0 aliphatic heterocycles. The lowest BCUT2D eigenvalue weighted by Crippen LogP contribution is -2.27. The second-order valence-corrected chi connectivity index (χ2v) is 5.94. The highest BCUT2D eigenvalue weighted by molar-refractivity contribution is 5.47. The highest BCUT2D eigenvalue weighted by atomic mass is 15.1. The van der Waals surface area contributed by atoms with Crippen molar-refractivity contribution >= 4 is 5.69 Å². The van der Waals surface area contributed by atoms with Gasteiger partial charge in [0.1, 0.15) is 0 Å². The van der Waals surface area contributed by atoms with E-state index in [1.54, 1.807) is 0 Å². The van der Waals surface area contributed by atoms with Gasteiger partial charge < -0.3 is 15.1 Å². The summed E-state index contributed by atoms with van der Waals surface area (Å²) in [6.45, 7) is 10.9. The van der Waals surface area contributed by atoms with E-state index in [9.17, 15) is 0 Å². The molecule has 1 rings (SSSR count). The van der Waals surface area contributed by atoms with Gasteiger partial charge in [0.15, 0.2) is 0 Å². The molecule has 0 bridgehead atoms. The number of hydrogen-bond donors (Lipinski definition) is 1. The van der Waals surface area contributed by atoms with E-state index in [-0.39, 0.29) is 0 Å². The Kier molecular flexibility index (Phi) is 7.63. The molecule has 1 aromatic rings. The zero-order valence-corrected chi connectivity index (χ0v) is 13.8. The Hall–Kier alpha value is -1.06. The van der Waals surface area contributed by atoms with Crippen LogP contribution in [0.25, 0.3) is 0 Å². The molecular formula is C17H31N3. The van der Waals surface area contributed by atoms with Crippen LogP contribution in [0.3, 0.4) is 0 Å². The molecule has 0 radical (unpaired) electrons. The molecule has 1 N–H and O–H groups in total. The third-order valence-electron chi connectivity index (χ3n) is 3.43. The maximum atomic E-state index is 3.45. The van der Waals surface area contributed by atoms with Crippen molar-refractivity contribution in [3.05, 3.63) is 29.8 Å². The van der Waals surface area contributed by atoms with Crippen molar-refractivity contribution in [3.8, 4) is 0 Å². The molecule has 3 heteroatoms. The summed E-state index contributed by atoms with van der Waals surface area (Å²) < 4.78 is 0. The largest absolute Gasteiger partial charge is 0.372 e. The number of nitrogens with one attached hydrogen (secondary N) is 1. The van der Waals surface area contributed by atoms with E-state index < -0.39 is 0 Å². The second kappa shape index (κ2) is 8.98. The molecule has 0 atom stereocenters. The van der Waals surface area contributed by atoms with Gasteiger partial charge in [-0.25, -0.2) is 0 Å². The van der Waals surface area contributed by atoms with Crippen LogP contribution in [0.5, 0.6) is 0 Å². The molecule has 0 amide bonds. The normalized spacial score (nSPS) is 11.3. The minimum Gasteiger partial charge on any atom is -0.372 e. The van der Waals surface area contributed by atoms with Crippen LogP contribution in [0.4, 0.5) is 5.69 Å². The second-order valence-electron chi connectivity index (χ2n) is 5.94. The van der Waals surface area contributed by atoms with Crippen molar-refractivity contribution in [2.75, 3.05) is 38.6 Å². The predicted octanol–water partition coefficient (Wildman–Crippen LogP) is 2.96. The predicted molar refractivity (Wildman–Crippen MR) is 89.5 cm³/mol. The van der Waals surface area contributed by atoms with Gasteiger partial charge in [0.05, 0.1) is 0 Å². The number of benzene rings is 1. The first-order valence-corrected chi connectivity index (χ1v) is 7.75. The van der Waals surface area contributed by atoms with Crippen LogP contribution in [0.2, 0.25) is 0 Å². The fourth-order valence-electron chi connectivity index (χ4n) is 2.19. The molecule has 0 aliphatic rings. The van der Waals surface area contributed by atoms with Gasteiger partial charge in [-0.15, -0.1) is 0 Å². The van der Waals surface area contributed by atoms with Gasteiger partial charge in [-0.1, -0.05) is 26.0 Å². The molecule has 1 aromatic carbocycles. The van der Waals surface area contributed by atoms with Crippen LogP contribution in [-0.2, 0) is 6.54 Å². The molecule has 20 heavy (non-hydrogen) atoms. The quantitative estimate of drug-likeness (QED) is 0.748. The highest BCUT2D eigenvalue weighted by Crippen LogP contribution is 2.15. The van der Waals surface area contributed by atoms with Crippen LogP contribution >= 0.6 is 0 Å². The summed E-state index contributed by atoms with van der Waals surface area (Å²) in [5, 5.41) is 3.45. The van der Waals surface area contributed by atoms with Crippen molar-refractivity contribution < 1.29 is 0 Å². The average molecular weight is 277 g/mol. The summed E-state index contributed by atoms with van der Waals surface area (Å²) in [6.07, 6.45) is 1.21. The number of nitrogens with zero attached hydrogens (tertiary/aromatic N) is 2. The standard InChI is InChI=1S/C17H31N3/c1-6-20(13-7-12-19(4)5)17-10-8-16(9-11-17)14-18-15(2)3/h8-11,15,18H,6-7,12-14H2,1-5H3. The monoisotopic (exact) mass is 277 g/mol. The Balaban J connectivity index is 2.51. The first-order valence-electron chi connectivity index (χ1n) is 7.75. The van der Waals surface area contributed by atoms with Crippen LogP contribution < -0.4 is 10.2 Å². The summed E-state index contributed by atoms with van der Waals surface area (Å²) in [7, 11) is 4.26. The van der Waals surface area contributed by atoms with Gasteiger partial charge in [0.25, 0.3) is 0 Å². The van der Waals surface area contributed by atoms with Crippen LogP contribution in [0.15, 0.2) is 24.3 Å². The van der Waals surface area contributed by atoms with Gasteiger partial charge in [0.2, 0.25) is 0 Å². The van der Waals surface area contributed by atoms with Crippen molar-refractivity contribution in [2.45, 2.75) is 39.8 Å². The summed E-state index contributed by atoms with van der Waals surface area (Å²) in [6, 6.07) is 9.50. The lowest BCUT2D eigenvalue weighted by atomic mass is 10.2. The minimum absolute atomic E-state index is 0.535.